The summed E-state index contributed by atoms with van der Waals surface area (Å²) in [4.78, 5) is 17.4. The second-order valence-corrected chi connectivity index (χ2v) is 5.74. The van der Waals surface area contributed by atoms with Gasteiger partial charge in [0.15, 0.2) is 0 Å². The van der Waals surface area contributed by atoms with Gasteiger partial charge in [-0.15, -0.1) is 0 Å². The zero-order valence-electron chi connectivity index (χ0n) is 10.3. The molecule has 18 heavy (non-hydrogen) atoms. The van der Waals surface area contributed by atoms with Crippen LogP contribution in [0.5, 0.6) is 0 Å². The molecule has 1 aliphatic rings. The smallest absolute Gasteiger partial charge is 0.217 e. The Morgan fingerprint density at radius 1 is 1.56 bits per heavy atom. The summed E-state index contributed by atoms with van der Waals surface area (Å²) in [7, 11) is 0. The number of rotatable bonds is 4. The quantitative estimate of drug-likeness (QED) is 0.928. The van der Waals surface area contributed by atoms with E-state index in [1.54, 1.807) is 6.20 Å². The summed E-state index contributed by atoms with van der Waals surface area (Å²) in [5, 5.41) is 0. The average molecular weight is 312 g/mol. The highest BCUT2D eigenvalue weighted by Crippen LogP contribution is 2.26. The number of nitrogens with two attached hydrogens (primary N) is 1. The lowest BCUT2D eigenvalue weighted by atomic mass is 9.93. The topological polar surface area (TPSA) is 59.2 Å². The number of anilines is 1. The number of hydrogen-bond donors (Lipinski definition) is 1. The van der Waals surface area contributed by atoms with Crippen LogP contribution >= 0.6 is 15.9 Å². The van der Waals surface area contributed by atoms with E-state index >= 15 is 0 Å². The molecule has 0 aromatic carbocycles. The summed E-state index contributed by atoms with van der Waals surface area (Å²) in [6.45, 7) is 2.05. The van der Waals surface area contributed by atoms with E-state index in [1.807, 2.05) is 6.20 Å². The van der Waals surface area contributed by atoms with Crippen LogP contribution in [-0.2, 0) is 4.79 Å². The van der Waals surface area contributed by atoms with Gasteiger partial charge in [-0.05, 0) is 47.2 Å². The van der Waals surface area contributed by atoms with Gasteiger partial charge in [-0.25, -0.2) is 0 Å². The first-order chi connectivity index (χ1) is 8.65. The summed E-state index contributed by atoms with van der Waals surface area (Å²) in [6.07, 6.45) is 7.42. The first-order valence-electron chi connectivity index (χ1n) is 6.29. The number of amides is 1. The lowest BCUT2D eigenvalue weighted by Crippen LogP contribution is -2.35. The minimum Gasteiger partial charge on any atom is -0.370 e. The van der Waals surface area contributed by atoms with Gasteiger partial charge < -0.3 is 10.6 Å². The normalized spacial score (nSPS) is 19.8. The Labute approximate surface area is 116 Å². The lowest BCUT2D eigenvalue weighted by molar-refractivity contribution is -0.118. The predicted molar refractivity (Wildman–Crippen MR) is 75.3 cm³/mol. The summed E-state index contributed by atoms with van der Waals surface area (Å²) in [5.74, 6) is 0.362. The van der Waals surface area contributed by atoms with Gasteiger partial charge in [0.25, 0.3) is 0 Å². The SMILES string of the molecule is NC(=O)CCC1CCCN(c2cncc(Br)c2)C1. The molecule has 1 amide bonds. The fraction of sp³-hybridized carbons (Fsp3) is 0.538. The maximum atomic E-state index is 10.8. The molecule has 1 atom stereocenters. The van der Waals surface area contributed by atoms with Gasteiger partial charge >= 0.3 is 0 Å². The number of nitrogens with zero attached hydrogens (tertiary/aromatic N) is 2. The van der Waals surface area contributed by atoms with Crippen LogP contribution in [0.3, 0.4) is 0 Å². The number of pyridine rings is 1. The fourth-order valence-corrected chi connectivity index (χ4v) is 2.81. The van der Waals surface area contributed by atoms with Crippen molar-refractivity contribution in [2.75, 3.05) is 18.0 Å². The third-order valence-electron chi connectivity index (χ3n) is 3.37. The molecule has 0 bridgehead atoms. The van der Waals surface area contributed by atoms with Crippen LogP contribution in [0.4, 0.5) is 5.69 Å². The molecule has 1 unspecified atom stereocenters. The van der Waals surface area contributed by atoms with E-state index < -0.39 is 0 Å². The summed E-state index contributed by atoms with van der Waals surface area (Å²) in [6, 6.07) is 2.09. The maximum Gasteiger partial charge on any atom is 0.217 e. The number of piperidine rings is 1. The molecule has 0 saturated carbocycles. The molecule has 0 spiro atoms. The molecule has 0 aliphatic carbocycles. The Bertz CT molecular complexity index is 424. The van der Waals surface area contributed by atoms with Gasteiger partial charge in [0.1, 0.15) is 0 Å². The highest BCUT2D eigenvalue weighted by Gasteiger charge is 2.20. The number of carbonyl (C=O) groups excluding carboxylic acids is 1. The van der Waals surface area contributed by atoms with E-state index in [0.717, 1.165) is 36.1 Å². The summed E-state index contributed by atoms with van der Waals surface area (Å²) >= 11 is 3.44. The zero-order chi connectivity index (χ0) is 13.0. The van der Waals surface area contributed by atoms with Gasteiger partial charge in [0, 0.05) is 30.2 Å². The summed E-state index contributed by atoms with van der Waals surface area (Å²) in [5.41, 5.74) is 6.35. The Kier molecular flexibility index (Phi) is 4.58. The van der Waals surface area contributed by atoms with Crippen LogP contribution in [0.15, 0.2) is 22.9 Å². The van der Waals surface area contributed by atoms with Gasteiger partial charge in [0.05, 0.1) is 11.9 Å². The maximum absolute atomic E-state index is 10.8. The van der Waals surface area contributed by atoms with Crippen LogP contribution in [0.2, 0.25) is 0 Å². The second-order valence-electron chi connectivity index (χ2n) is 4.82. The van der Waals surface area contributed by atoms with E-state index in [0.29, 0.717) is 12.3 Å². The van der Waals surface area contributed by atoms with Crippen molar-refractivity contribution < 1.29 is 4.79 Å². The molecule has 2 N–H and O–H groups in total. The molecule has 2 heterocycles. The van der Waals surface area contributed by atoms with E-state index in [9.17, 15) is 4.79 Å². The highest BCUT2D eigenvalue weighted by atomic mass is 79.9. The molecule has 98 valence electrons. The number of halogens is 1. The Balaban J connectivity index is 1.96. The van der Waals surface area contributed by atoms with Gasteiger partial charge in [-0.1, -0.05) is 0 Å². The van der Waals surface area contributed by atoms with E-state index in [-0.39, 0.29) is 5.91 Å². The van der Waals surface area contributed by atoms with E-state index in [2.05, 4.69) is 31.9 Å². The van der Waals surface area contributed by atoms with Crippen molar-refractivity contribution in [1.29, 1.82) is 0 Å². The van der Waals surface area contributed by atoms with E-state index in [4.69, 9.17) is 5.73 Å². The average Bonchev–Trinajstić information content (AvgIpc) is 2.37. The number of aromatic nitrogens is 1. The van der Waals surface area contributed by atoms with Crippen molar-refractivity contribution in [3.8, 4) is 0 Å². The predicted octanol–water partition coefficient (Wildman–Crippen LogP) is 2.33. The summed E-state index contributed by atoms with van der Waals surface area (Å²) < 4.78 is 0.999. The molecule has 1 aliphatic heterocycles. The lowest BCUT2D eigenvalue weighted by Gasteiger charge is -2.34. The Morgan fingerprint density at radius 3 is 3.11 bits per heavy atom. The van der Waals surface area contributed by atoms with Crippen LogP contribution in [-0.4, -0.2) is 24.0 Å². The van der Waals surface area contributed by atoms with Crippen LogP contribution in [0.1, 0.15) is 25.7 Å². The minimum atomic E-state index is -0.198. The van der Waals surface area contributed by atoms with E-state index in [1.165, 1.54) is 6.42 Å². The first-order valence-corrected chi connectivity index (χ1v) is 7.08. The van der Waals surface area contributed by atoms with Crippen molar-refractivity contribution in [3.05, 3.63) is 22.9 Å². The number of primary amides is 1. The molecule has 4 nitrogen and oxygen atoms in total. The molecule has 5 heteroatoms. The van der Waals surface area contributed by atoms with Crippen molar-refractivity contribution in [1.82, 2.24) is 4.98 Å². The fourth-order valence-electron chi connectivity index (χ4n) is 2.46. The highest BCUT2D eigenvalue weighted by molar-refractivity contribution is 9.10. The monoisotopic (exact) mass is 311 g/mol. The molecule has 1 aromatic rings. The molecular weight excluding hydrogens is 294 g/mol. The largest absolute Gasteiger partial charge is 0.370 e. The first kappa shape index (κ1) is 13.3. The number of carbonyl (C=O) groups is 1. The van der Waals surface area contributed by atoms with Crippen molar-refractivity contribution >= 4 is 27.5 Å². The Morgan fingerprint density at radius 2 is 2.39 bits per heavy atom. The standard InChI is InChI=1S/C13H18BrN3O/c14-11-6-12(8-16-7-11)17-5-1-2-10(9-17)3-4-13(15)18/h6-8,10H,1-5,9H2,(H2,15,18). The molecule has 1 saturated heterocycles. The van der Waals surface area contributed by atoms with Crippen molar-refractivity contribution in [3.63, 3.8) is 0 Å². The Hall–Kier alpha value is -1.10. The molecule has 0 radical (unpaired) electrons. The van der Waals surface area contributed by atoms with Gasteiger partial charge in [0.2, 0.25) is 5.91 Å². The minimum absolute atomic E-state index is 0.198. The molecule has 1 fully saturated rings. The third-order valence-corrected chi connectivity index (χ3v) is 3.81. The van der Waals surface area contributed by atoms with Gasteiger partial charge in [-0.3, -0.25) is 9.78 Å². The van der Waals surface area contributed by atoms with Crippen LogP contribution in [0, 0.1) is 5.92 Å². The number of hydrogen-bond acceptors (Lipinski definition) is 3. The van der Waals surface area contributed by atoms with Gasteiger partial charge in [-0.2, -0.15) is 0 Å². The zero-order valence-corrected chi connectivity index (χ0v) is 11.9. The second kappa shape index (κ2) is 6.18. The van der Waals surface area contributed by atoms with Crippen molar-refractivity contribution in [2.45, 2.75) is 25.7 Å². The molecule has 1 aromatic heterocycles. The van der Waals surface area contributed by atoms with Crippen molar-refractivity contribution in [2.24, 2.45) is 11.7 Å². The van der Waals surface area contributed by atoms with Crippen LogP contribution in [0.25, 0.3) is 0 Å². The molecule has 2 rings (SSSR count). The molecular formula is C13H18BrN3O. The van der Waals surface area contributed by atoms with Crippen LogP contribution < -0.4 is 10.6 Å². The third kappa shape index (κ3) is 3.70.